The van der Waals surface area contributed by atoms with Crippen molar-refractivity contribution >= 4 is 5.91 Å². The predicted molar refractivity (Wildman–Crippen MR) is 341 cm³/mol. The molecule has 12 atom stereocenters. The average molecular weight is 1180 g/mol. The Kier molecular flexibility index (Phi) is 49.2. The highest BCUT2D eigenvalue weighted by atomic mass is 16.7. The molecular weight excluding hydrogens is 1060 g/mol. The van der Waals surface area contributed by atoms with Gasteiger partial charge in [0.05, 0.1) is 32.0 Å². The van der Waals surface area contributed by atoms with Crippen LogP contribution in [0.1, 0.15) is 232 Å². The van der Waals surface area contributed by atoms with Crippen LogP contribution in [-0.2, 0) is 23.7 Å². The van der Waals surface area contributed by atoms with Gasteiger partial charge in [-0.05, 0) is 96.3 Å². The Labute approximate surface area is 508 Å². The van der Waals surface area contributed by atoms with Gasteiger partial charge in [0.25, 0.3) is 0 Å². The summed E-state index contributed by atoms with van der Waals surface area (Å²) < 4.78 is 22.8. The van der Waals surface area contributed by atoms with E-state index in [1.807, 2.05) is 6.08 Å². The number of hydrogen-bond acceptors (Lipinski definition) is 13. The molecule has 2 heterocycles. The summed E-state index contributed by atoms with van der Waals surface area (Å²) in [4.78, 5) is 13.3. The molecule has 84 heavy (non-hydrogen) atoms. The Hall–Kier alpha value is -3.35. The molecule has 2 saturated heterocycles. The zero-order valence-electron chi connectivity index (χ0n) is 52.1. The summed E-state index contributed by atoms with van der Waals surface area (Å²) in [5.74, 6) is -0.298. The molecule has 482 valence electrons. The van der Waals surface area contributed by atoms with Crippen molar-refractivity contribution in [1.82, 2.24) is 5.32 Å². The fourth-order valence-corrected chi connectivity index (χ4v) is 10.2. The number of rotatable bonds is 52. The lowest BCUT2D eigenvalue weighted by molar-refractivity contribution is -0.359. The molecule has 0 aliphatic carbocycles. The summed E-state index contributed by atoms with van der Waals surface area (Å²) in [5.41, 5.74) is 0. The van der Waals surface area contributed by atoms with Gasteiger partial charge < -0.3 is 65.1 Å². The number of unbranched alkanes of at least 4 members (excludes halogenated alkanes) is 23. The van der Waals surface area contributed by atoms with Crippen molar-refractivity contribution in [2.75, 3.05) is 19.8 Å². The van der Waals surface area contributed by atoms with Gasteiger partial charge in [-0.2, -0.15) is 0 Å². The first kappa shape index (κ1) is 76.7. The van der Waals surface area contributed by atoms with Gasteiger partial charge in [0.1, 0.15) is 48.8 Å². The molecule has 0 radical (unpaired) electrons. The van der Waals surface area contributed by atoms with Gasteiger partial charge >= 0.3 is 0 Å². The Bertz CT molecular complexity index is 1820. The van der Waals surface area contributed by atoms with Crippen molar-refractivity contribution in [3.05, 3.63) is 109 Å². The molecule has 14 nitrogen and oxygen atoms in total. The number of carbonyl (C=O) groups is 1. The summed E-state index contributed by atoms with van der Waals surface area (Å²) in [6.45, 7) is 2.63. The van der Waals surface area contributed by atoms with E-state index < -0.39 is 86.8 Å². The van der Waals surface area contributed by atoms with Gasteiger partial charge in [-0.1, -0.05) is 239 Å². The maximum Gasteiger partial charge on any atom is 0.220 e. The second kappa shape index (κ2) is 53.9. The highest BCUT2D eigenvalue weighted by molar-refractivity contribution is 5.76. The van der Waals surface area contributed by atoms with Crippen LogP contribution in [0.4, 0.5) is 0 Å². The minimum Gasteiger partial charge on any atom is -0.394 e. The predicted octanol–water partition coefficient (Wildman–Crippen LogP) is 12.8. The van der Waals surface area contributed by atoms with Crippen LogP contribution in [0.3, 0.4) is 0 Å². The Morgan fingerprint density at radius 1 is 0.440 bits per heavy atom. The normalized spacial score (nSPS) is 24.4. The van der Waals surface area contributed by atoms with Gasteiger partial charge in [0, 0.05) is 6.42 Å². The van der Waals surface area contributed by atoms with Crippen molar-refractivity contribution in [1.29, 1.82) is 0 Å². The van der Waals surface area contributed by atoms with Crippen LogP contribution in [0.25, 0.3) is 0 Å². The van der Waals surface area contributed by atoms with Crippen LogP contribution in [0.15, 0.2) is 109 Å². The lowest BCUT2D eigenvalue weighted by Gasteiger charge is -2.46. The van der Waals surface area contributed by atoms with Crippen molar-refractivity contribution < 1.29 is 64.6 Å². The standard InChI is InChI=1S/C70H119NO13/c1-3-5-7-9-11-13-15-17-19-21-23-25-26-27-28-29-30-31-32-34-35-37-39-41-43-45-47-49-51-53-59(74)58(57-81-69-67(80)65(78)68(61(56-73)83-69)84-70-66(79)64(77)63(76)60(55-72)82-70)71-62(75)54-52-50-48-46-44-42-40-38-36-33-24-22-20-18-16-14-12-10-8-6-4-2/h6,8,12,14,18,20,24,33,35,37-38,40,43-46,51,53,58-61,63-70,72-74,76-80H,3-5,7,9-11,13,15-17,19,21-23,25-32,34,36,39,41-42,47-50,52,54-57H2,1-2H3,(H,71,75)/b8-6-,14-12-,20-18-,33-24-,37-35+,40-38-,45-43+,46-44-,53-51+. The van der Waals surface area contributed by atoms with Gasteiger partial charge in [0.15, 0.2) is 12.6 Å². The van der Waals surface area contributed by atoms with E-state index in [1.165, 1.54) is 122 Å². The van der Waals surface area contributed by atoms with Gasteiger partial charge in [0.2, 0.25) is 5.91 Å². The summed E-state index contributed by atoms with van der Waals surface area (Å²) in [6, 6.07) is -0.971. The van der Waals surface area contributed by atoms with Gasteiger partial charge in [-0.15, -0.1) is 0 Å². The molecule has 0 bridgehead atoms. The molecule has 0 aromatic heterocycles. The van der Waals surface area contributed by atoms with Crippen LogP contribution in [0.5, 0.6) is 0 Å². The fourth-order valence-electron chi connectivity index (χ4n) is 10.2. The lowest BCUT2D eigenvalue weighted by Crippen LogP contribution is -2.65. The Morgan fingerprint density at radius 2 is 0.833 bits per heavy atom. The monoisotopic (exact) mass is 1180 g/mol. The molecule has 2 fully saturated rings. The first-order chi connectivity index (χ1) is 41.1. The molecule has 0 aromatic carbocycles. The Morgan fingerprint density at radius 3 is 1.31 bits per heavy atom. The van der Waals surface area contributed by atoms with Crippen LogP contribution in [0, 0.1) is 0 Å². The number of nitrogens with one attached hydrogen (secondary N) is 1. The van der Waals surface area contributed by atoms with Crippen LogP contribution in [0.2, 0.25) is 0 Å². The third-order valence-corrected chi connectivity index (χ3v) is 15.4. The third kappa shape index (κ3) is 38.0. The number of aliphatic hydroxyl groups excluding tert-OH is 8. The molecule has 0 aromatic rings. The maximum atomic E-state index is 13.3. The molecular formula is C70H119NO13. The first-order valence-corrected chi connectivity index (χ1v) is 33.1. The van der Waals surface area contributed by atoms with E-state index in [4.69, 9.17) is 18.9 Å². The van der Waals surface area contributed by atoms with Crippen molar-refractivity contribution in [3.8, 4) is 0 Å². The highest BCUT2D eigenvalue weighted by Crippen LogP contribution is 2.30. The van der Waals surface area contributed by atoms with Gasteiger partial charge in [-0.3, -0.25) is 4.79 Å². The molecule has 9 N–H and O–H groups in total. The topological polar surface area (TPSA) is 228 Å². The van der Waals surface area contributed by atoms with Crippen molar-refractivity contribution in [3.63, 3.8) is 0 Å². The number of ether oxygens (including phenoxy) is 4. The quantitative estimate of drug-likeness (QED) is 0.0204. The molecule has 12 unspecified atom stereocenters. The van der Waals surface area contributed by atoms with E-state index in [0.717, 1.165) is 77.0 Å². The zero-order chi connectivity index (χ0) is 60.9. The van der Waals surface area contributed by atoms with Crippen molar-refractivity contribution in [2.45, 2.75) is 306 Å². The largest absolute Gasteiger partial charge is 0.394 e. The van der Waals surface area contributed by atoms with E-state index in [0.29, 0.717) is 12.8 Å². The molecule has 14 heteroatoms. The highest BCUT2D eigenvalue weighted by Gasteiger charge is 2.51. The van der Waals surface area contributed by atoms with E-state index in [2.05, 4.69) is 116 Å². The van der Waals surface area contributed by atoms with E-state index in [1.54, 1.807) is 6.08 Å². The minimum atomic E-state index is -1.80. The molecule has 2 aliphatic heterocycles. The second-order valence-electron chi connectivity index (χ2n) is 22.8. The van der Waals surface area contributed by atoms with E-state index in [-0.39, 0.29) is 18.9 Å². The number of carbonyl (C=O) groups excluding carboxylic acids is 1. The smallest absolute Gasteiger partial charge is 0.220 e. The third-order valence-electron chi connectivity index (χ3n) is 15.4. The second-order valence-corrected chi connectivity index (χ2v) is 22.8. The first-order valence-electron chi connectivity index (χ1n) is 33.1. The fraction of sp³-hybridized carbons (Fsp3) is 0.729. The van der Waals surface area contributed by atoms with Crippen LogP contribution >= 0.6 is 0 Å². The molecule has 0 saturated carbocycles. The number of hydrogen-bond donors (Lipinski definition) is 9. The summed E-state index contributed by atoms with van der Waals surface area (Å²) in [6.07, 6.45) is 60.0. The van der Waals surface area contributed by atoms with Gasteiger partial charge in [-0.25, -0.2) is 0 Å². The molecule has 1 amide bonds. The number of amides is 1. The van der Waals surface area contributed by atoms with Crippen LogP contribution < -0.4 is 5.32 Å². The van der Waals surface area contributed by atoms with E-state index in [9.17, 15) is 45.6 Å². The lowest BCUT2D eigenvalue weighted by atomic mass is 9.97. The molecule has 0 spiro atoms. The molecule has 2 rings (SSSR count). The van der Waals surface area contributed by atoms with Crippen molar-refractivity contribution in [2.24, 2.45) is 0 Å². The summed E-state index contributed by atoms with van der Waals surface area (Å²) in [7, 11) is 0. The zero-order valence-corrected chi connectivity index (χ0v) is 52.1. The van der Waals surface area contributed by atoms with E-state index >= 15 is 0 Å². The SMILES string of the molecule is CC/C=C\C/C=C\C/C=C\C/C=C\C/C=C\C/C=C\CCCCC(=O)NC(COC1OC(CO)C(OC2OC(CO)C(O)C(O)C2O)C(O)C1O)C(O)/C=C/CC/C=C/CC/C=C/CCCCCCCCCCCCCCCCCCCCC. The average Bonchev–Trinajstić information content (AvgIpc) is 3.18. The number of aliphatic hydroxyl groups is 8. The summed E-state index contributed by atoms with van der Waals surface area (Å²) >= 11 is 0. The Balaban J connectivity index is 1.76. The summed E-state index contributed by atoms with van der Waals surface area (Å²) in [5, 5.41) is 87.2. The number of allylic oxidation sites excluding steroid dienone is 17. The molecule has 2 aliphatic rings. The minimum absolute atomic E-state index is 0.208. The maximum absolute atomic E-state index is 13.3. The van der Waals surface area contributed by atoms with Crippen LogP contribution in [-0.4, -0.2) is 140 Å².